The first-order valence-electron chi connectivity index (χ1n) is 7.07. The standard InChI is InChI=1S/C16H21Cl2N/c1-15(2)10-7-8-16(15,3)13(9-10)19-14-11(17)5-4-6-12(14)18/h4-6,10,13,19H,7-9H2,1-3H3. The summed E-state index contributed by atoms with van der Waals surface area (Å²) in [6.45, 7) is 7.25. The second-order valence-electron chi connectivity index (χ2n) is 6.90. The van der Waals surface area contributed by atoms with Crippen molar-refractivity contribution in [2.75, 3.05) is 5.32 Å². The molecular formula is C16H21Cl2N. The van der Waals surface area contributed by atoms with Crippen LogP contribution in [0.2, 0.25) is 10.0 Å². The Morgan fingerprint density at radius 2 is 1.79 bits per heavy atom. The van der Waals surface area contributed by atoms with Gasteiger partial charge in [0.2, 0.25) is 0 Å². The van der Waals surface area contributed by atoms with E-state index >= 15 is 0 Å². The molecule has 0 spiro atoms. The quantitative estimate of drug-likeness (QED) is 0.747. The van der Waals surface area contributed by atoms with Crippen LogP contribution in [0, 0.1) is 16.7 Å². The molecule has 0 aromatic heterocycles. The molecule has 3 heteroatoms. The van der Waals surface area contributed by atoms with Gasteiger partial charge in [-0.2, -0.15) is 0 Å². The highest BCUT2D eigenvalue weighted by atomic mass is 35.5. The van der Waals surface area contributed by atoms with Crippen molar-refractivity contribution in [3.8, 4) is 0 Å². The molecule has 3 rings (SSSR count). The van der Waals surface area contributed by atoms with Crippen molar-refractivity contribution in [3.63, 3.8) is 0 Å². The van der Waals surface area contributed by atoms with Crippen molar-refractivity contribution < 1.29 is 0 Å². The van der Waals surface area contributed by atoms with Gasteiger partial charge in [-0.05, 0) is 48.1 Å². The third-order valence-corrected chi connectivity index (χ3v) is 6.71. The highest BCUT2D eigenvalue weighted by Crippen LogP contribution is 2.66. The van der Waals surface area contributed by atoms with Crippen molar-refractivity contribution in [2.45, 2.75) is 46.1 Å². The molecule has 104 valence electrons. The first-order valence-corrected chi connectivity index (χ1v) is 7.82. The minimum absolute atomic E-state index is 0.333. The molecule has 0 aliphatic heterocycles. The van der Waals surface area contributed by atoms with E-state index in [0.717, 1.165) is 21.7 Å². The zero-order chi connectivity index (χ0) is 13.8. The Morgan fingerprint density at radius 3 is 2.26 bits per heavy atom. The molecule has 0 radical (unpaired) electrons. The fourth-order valence-electron chi connectivity index (χ4n) is 4.23. The molecule has 0 heterocycles. The summed E-state index contributed by atoms with van der Waals surface area (Å²) in [5.41, 5.74) is 1.64. The van der Waals surface area contributed by atoms with Crippen molar-refractivity contribution in [1.82, 2.24) is 0 Å². The van der Waals surface area contributed by atoms with E-state index in [9.17, 15) is 0 Å². The molecule has 3 atom stereocenters. The summed E-state index contributed by atoms with van der Waals surface area (Å²) in [4.78, 5) is 0. The number of fused-ring (bicyclic) bond motifs is 2. The molecule has 2 fully saturated rings. The first-order chi connectivity index (χ1) is 8.86. The van der Waals surface area contributed by atoms with Gasteiger partial charge in [-0.25, -0.2) is 0 Å². The van der Waals surface area contributed by atoms with Gasteiger partial charge < -0.3 is 5.32 Å². The molecule has 3 unspecified atom stereocenters. The monoisotopic (exact) mass is 297 g/mol. The number of hydrogen-bond donors (Lipinski definition) is 1. The summed E-state index contributed by atoms with van der Waals surface area (Å²) < 4.78 is 0. The SMILES string of the molecule is CC1(C)C2CCC1(C)C(Nc1c(Cl)cccc1Cl)C2. The van der Waals surface area contributed by atoms with Crippen LogP contribution in [-0.2, 0) is 0 Å². The van der Waals surface area contributed by atoms with Gasteiger partial charge >= 0.3 is 0 Å². The van der Waals surface area contributed by atoms with Crippen LogP contribution in [0.5, 0.6) is 0 Å². The topological polar surface area (TPSA) is 12.0 Å². The average molecular weight is 298 g/mol. The number of halogens is 2. The maximum Gasteiger partial charge on any atom is 0.0721 e. The zero-order valence-electron chi connectivity index (χ0n) is 11.8. The minimum Gasteiger partial charge on any atom is -0.379 e. The lowest BCUT2D eigenvalue weighted by molar-refractivity contribution is 0.142. The predicted molar refractivity (Wildman–Crippen MR) is 83.1 cm³/mol. The smallest absolute Gasteiger partial charge is 0.0721 e. The molecule has 1 aromatic carbocycles. The van der Waals surface area contributed by atoms with Crippen molar-refractivity contribution >= 4 is 28.9 Å². The molecule has 0 saturated heterocycles. The Labute approximate surface area is 125 Å². The Bertz CT molecular complexity index is 491. The maximum absolute atomic E-state index is 6.28. The third-order valence-electron chi connectivity index (χ3n) is 6.08. The van der Waals surface area contributed by atoms with Gasteiger partial charge in [-0.3, -0.25) is 0 Å². The summed E-state index contributed by atoms with van der Waals surface area (Å²) in [5, 5.41) is 5.08. The van der Waals surface area contributed by atoms with E-state index in [-0.39, 0.29) is 0 Å². The number of rotatable bonds is 2. The first kappa shape index (κ1) is 13.6. The van der Waals surface area contributed by atoms with E-state index in [1.54, 1.807) is 0 Å². The van der Waals surface area contributed by atoms with E-state index in [1.807, 2.05) is 18.2 Å². The summed E-state index contributed by atoms with van der Waals surface area (Å²) >= 11 is 12.6. The largest absolute Gasteiger partial charge is 0.379 e. The van der Waals surface area contributed by atoms with E-state index < -0.39 is 0 Å². The van der Waals surface area contributed by atoms with Crippen LogP contribution in [0.1, 0.15) is 40.0 Å². The van der Waals surface area contributed by atoms with Crippen LogP contribution in [0.15, 0.2) is 18.2 Å². The number of nitrogens with one attached hydrogen (secondary N) is 1. The van der Waals surface area contributed by atoms with Crippen LogP contribution in [0.3, 0.4) is 0 Å². The molecule has 2 aliphatic carbocycles. The van der Waals surface area contributed by atoms with Crippen molar-refractivity contribution in [1.29, 1.82) is 0 Å². The van der Waals surface area contributed by atoms with Gasteiger partial charge in [0.05, 0.1) is 15.7 Å². The molecule has 0 amide bonds. The Morgan fingerprint density at radius 1 is 1.16 bits per heavy atom. The lowest BCUT2D eigenvalue weighted by Crippen LogP contribution is -2.40. The predicted octanol–water partition coefficient (Wildman–Crippen LogP) is 5.62. The maximum atomic E-state index is 6.28. The normalized spacial score (nSPS) is 35.6. The van der Waals surface area contributed by atoms with Crippen LogP contribution in [0.25, 0.3) is 0 Å². The number of para-hydroxylation sites is 1. The van der Waals surface area contributed by atoms with Gasteiger partial charge in [0.1, 0.15) is 0 Å². The molecule has 2 bridgehead atoms. The minimum atomic E-state index is 0.333. The molecule has 1 nitrogen and oxygen atoms in total. The van der Waals surface area contributed by atoms with Crippen LogP contribution < -0.4 is 5.32 Å². The summed E-state index contributed by atoms with van der Waals surface area (Å²) in [6.07, 6.45) is 3.88. The van der Waals surface area contributed by atoms with E-state index in [0.29, 0.717) is 16.9 Å². The fourth-order valence-corrected chi connectivity index (χ4v) is 4.74. The van der Waals surface area contributed by atoms with E-state index in [2.05, 4.69) is 26.1 Å². The lowest BCUT2D eigenvalue weighted by atomic mass is 9.69. The zero-order valence-corrected chi connectivity index (χ0v) is 13.3. The Balaban J connectivity index is 1.90. The number of anilines is 1. The number of benzene rings is 1. The van der Waals surface area contributed by atoms with Gasteiger partial charge in [-0.15, -0.1) is 0 Å². The molecule has 1 aromatic rings. The molecule has 2 saturated carbocycles. The second-order valence-corrected chi connectivity index (χ2v) is 7.72. The van der Waals surface area contributed by atoms with Gasteiger partial charge in [-0.1, -0.05) is 50.0 Å². The van der Waals surface area contributed by atoms with Crippen LogP contribution in [0.4, 0.5) is 5.69 Å². The lowest BCUT2D eigenvalue weighted by Gasteiger charge is -2.40. The van der Waals surface area contributed by atoms with Crippen molar-refractivity contribution in [2.24, 2.45) is 16.7 Å². The van der Waals surface area contributed by atoms with Gasteiger partial charge in [0.25, 0.3) is 0 Å². The summed E-state index contributed by atoms with van der Waals surface area (Å²) in [7, 11) is 0. The Kier molecular flexibility index (Phi) is 3.07. The molecule has 19 heavy (non-hydrogen) atoms. The van der Waals surface area contributed by atoms with Crippen LogP contribution >= 0.6 is 23.2 Å². The van der Waals surface area contributed by atoms with E-state index in [4.69, 9.17) is 23.2 Å². The molecular weight excluding hydrogens is 277 g/mol. The molecule has 2 aliphatic rings. The number of hydrogen-bond acceptors (Lipinski definition) is 1. The highest BCUT2D eigenvalue weighted by molar-refractivity contribution is 6.39. The second kappa shape index (κ2) is 4.30. The molecule has 1 N–H and O–H groups in total. The summed E-state index contributed by atoms with van der Waals surface area (Å²) in [6, 6.07) is 6.16. The van der Waals surface area contributed by atoms with Crippen LogP contribution in [-0.4, -0.2) is 6.04 Å². The van der Waals surface area contributed by atoms with Crippen molar-refractivity contribution in [3.05, 3.63) is 28.2 Å². The van der Waals surface area contributed by atoms with Gasteiger partial charge in [0.15, 0.2) is 0 Å². The highest BCUT2D eigenvalue weighted by Gasteiger charge is 2.61. The van der Waals surface area contributed by atoms with E-state index in [1.165, 1.54) is 19.3 Å². The Hall–Kier alpha value is -0.400. The fraction of sp³-hybridized carbons (Fsp3) is 0.625. The third kappa shape index (κ3) is 1.81. The summed E-state index contributed by atoms with van der Waals surface area (Å²) in [5.74, 6) is 0.816. The average Bonchev–Trinajstić information content (AvgIpc) is 2.67. The van der Waals surface area contributed by atoms with Gasteiger partial charge in [0, 0.05) is 6.04 Å².